The first-order valence-corrected chi connectivity index (χ1v) is 5.62. The summed E-state index contributed by atoms with van der Waals surface area (Å²) in [4.78, 5) is 0. The lowest BCUT2D eigenvalue weighted by molar-refractivity contribution is 0.455. The van der Waals surface area contributed by atoms with Crippen LogP contribution in [0, 0.1) is 11.6 Å². The van der Waals surface area contributed by atoms with Crippen molar-refractivity contribution in [1.29, 1.82) is 0 Å². The maximum absolute atomic E-state index is 12.9. The molecule has 1 aliphatic rings. The average Bonchev–Trinajstić information content (AvgIpc) is 2.27. The smallest absolute Gasteiger partial charge is 0.126 e. The second-order valence-corrected chi connectivity index (χ2v) is 4.12. The van der Waals surface area contributed by atoms with Crippen molar-refractivity contribution in [3.05, 3.63) is 41.5 Å². The molecule has 4 heteroatoms. The normalized spacial score (nSPS) is 20.2. The van der Waals surface area contributed by atoms with Crippen LogP contribution in [0.5, 0.6) is 0 Å². The van der Waals surface area contributed by atoms with Crippen molar-refractivity contribution in [3.63, 3.8) is 0 Å². The minimum Gasteiger partial charge on any atom is -0.311 e. The van der Waals surface area contributed by atoms with E-state index in [-0.39, 0.29) is 12.4 Å². The van der Waals surface area contributed by atoms with E-state index in [2.05, 4.69) is 5.32 Å². The largest absolute Gasteiger partial charge is 0.311 e. The molecule has 0 saturated carbocycles. The second-order valence-electron chi connectivity index (χ2n) is 4.12. The summed E-state index contributed by atoms with van der Waals surface area (Å²) in [7, 11) is 0. The highest BCUT2D eigenvalue weighted by Gasteiger charge is 2.08. The summed E-state index contributed by atoms with van der Waals surface area (Å²) in [6.45, 7) is 1.02. The van der Waals surface area contributed by atoms with E-state index >= 15 is 0 Å². The van der Waals surface area contributed by atoms with Gasteiger partial charge in [-0.2, -0.15) is 0 Å². The molecule has 1 fully saturated rings. The minimum absolute atomic E-state index is 0. The molecule has 0 bridgehead atoms. The lowest BCUT2D eigenvalue weighted by Crippen LogP contribution is -2.31. The van der Waals surface area contributed by atoms with E-state index in [1.54, 1.807) is 6.08 Å². The van der Waals surface area contributed by atoms with Crippen LogP contribution in [0.3, 0.4) is 0 Å². The Kier molecular flexibility index (Phi) is 5.59. The summed E-state index contributed by atoms with van der Waals surface area (Å²) >= 11 is 0. The van der Waals surface area contributed by atoms with Crippen LogP contribution >= 0.6 is 12.4 Å². The molecule has 0 spiro atoms. The van der Waals surface area contributed by atoms with Crippen molar-refractivity contribution < 1.29 is 8.78 Å². The molecule has 2 rings (SSSR count). The molecule has 1 unspecified atom stereocenters. The molecule has 0 amide bonds. The average molecular weight is 260 g/mol. The standard InChI is InChI=1S/C13H15F2N.ClH/c14-11-7-10(8-12(15)9-11)4-5-13-3-1-2-6-16-13;/h4-5,7-9,13,16H,1-3,6H2;1H/b5-4+;. The molecule has 94 valence electrons. The fraction of sp³-hybridized carbons (Fsp3) is 0.385. The Hall–Kier alpha value is -0.930. The van der Waals surface area contributed by atoms with Crippen LogP contribution in [-0.2, 0) is 0 Å². The molecule has 1 aromatic carbocycles. The second kappa shape index (κ2) is 6.72. The number of halogens is 3. The Bertz CT molecular complexity index is 367. The summed E-state index contributed by atoms with van der Waals surface area (Å²) in [6.07, 6.45) is 7.26. The van der Waals surface area contributed by atoms with Gasteiger partial charge in [0.15, 0.2) is 0 Å². The van der Waals surface area contributed by atoms with Gasteiger partial charge in [0.2, 0.25) is 0 Å². The highest BCUT2D eigenvalue weighted by molar-refractivity contribution is 5.85. The molecule has 1 heterocycles. The van der Waals surface area contributed by atoms with Gasteiger partial charge in [0.25, 0.3) is 0 Å². The first-order chi connectivity index (χ1) is 7.74. The minimum atomic E-state index is -0.531. The van der Waals surface area contributed by atoms with Crippen LogP contribution < -0.4 is 5.32 Å². The van der Waals surface area contributed by atoms with Gasteiger partial charge in [-0.25, -0.2) is 8.78 Å². The Labute approximate surface area is 106 Å². The third-order valence-electron chi connectivity index (χ3n) is 2.75. The van der Waals surface area contributed by atoms with Gasteiger partial charge in [-0.1, -0.05) is 18.6 Å². The number of hydrogen-bond acceptors (Lipinski definition) is 1. The highest BCUT2D eigenvalue weighted by Crippen LogP contribution is 2.12. The summed E-state index contributed by atoms with van der Waals surface area (Å²) in [5, 5.41) is 3.34. The Morgan fingerprint density at radius 1 is 1.12 bits per heavy atom. The van der Waals surface area contributed by atoms with Crippen molar-refractivity contribution in [2.45, 2.75) is 25.3 Å². The van der Waals surface area contributed by atoms with E-state index in [1.165, 1.54) is 25.0 Å². The molecule has 0 aromatic heterocycles. The van der Waals surface area contributed by atoms with Crippen LogP contribution in [-0.4, -0.2) is 12.6 Å². The number of benzene rings is 1. The maximum atomic E-state index is 12.9. The van der Waals surface area contributed by atoms with Gasteiger partial charge in [-0.3, -0.25) is 0 Å². The molecule has 1 nitrogen and oxygen atoms in total. The molecular weight excluding hydrogens is 244 g/mol. The molecule has 0 radical (unpaired) electrons. The van der Waals surface area contributed by atoms with E-state index in [0.717, 1.165) is 19.0 Å². The fourth-order valence-corrected chi connectivity index (χ4v) is 1.94. The first-order valence-electron chi connectivity index (χ1n) is 5.62. The topological polar surface area (TPSA) is 12.0 Å². The van der Waals surface area contributed by atoms with Crippen LogP contribution in [0.4, 0.5) is 8.78 Å². The SMILES string of the molecule is Cl.Fc1cc(F)cc(/C=C/C2CCCCN2)c1. The molecule has 17 heavy (non-hydrogen) atoms. The van der Waals surface area contributed by atoms with Crippen molar-refractivity contribution in [1.82, 2.24) is 5.32 Å². The van der Waals surface area contributed by atoms with E-state index in [9.17, 15) is 8.78 Å². The first kappa shape index (κ1) is 14.1. The van der Waals surface area contributed by atoms with Crippen LogP contribution in [0.15, 0.2) is 24.3 Å². The van der Waals surface area contributed by atoms with Gasteiger partial charge in [0, 0.05) is 12.1 Å². The Morgan fingerprint density at radius 2 is 1.82 bits per heavy atom. The predicted octanol–water partition coefficient (Wildman–Crippen LogP) is 3.54. The molecule has 1 aliphatic heterocycles. The zero-order chi connectivity index (χ0) is 11.4. The summed E-state index contributed by atoms with van der Waals surface area (Å²) in [6, 6.07) is 3.89. The molecule has 1 saturated heterocycles. The molecule has 1 N–H and O–H groups in total. The van der Waals surface area contributed by atoms with Gasteiger partial charge >= 0.3 is 0 Å². The predicted molar refractivity (Wildman–Crippen MR) is 68.3 cm³/mol. The third-order valence-corrected chi connectivity index (χ3v) is 2.75. The molecular formula is C13H16ClF2N. The molecule has 1 aromatic rings. The van der Waals surface area contributed by atoms with Crippen molar-refractivity contribution in [3.8, 4) is 0 Å². The van der Waals surface area contributed by atoms with Crippen LogP contribution in [0.2, 0.25) is 0 Å². The zero-order valence-electron chi connectivity index (χ0n) is 9.46. The Balaban J connectivity index is 0.00000144. The number of rotatable bonds is 2. The monoisotopic (exact) mass is 259 g/mol. The summed E-state index contributed by atoms with van der Waals surface area (Å²) in [5.74, 6) is -1.06. The zero-order valence-corrected chi connectivity index (χ0v) is 10.3. The molecule has 1 atom stereocenters. The third kappa shape index (κ3) is 4.44. The van der Waals surface area contributed by atoms with E-state index in [4.69, 9.17) is 0 Å². The summed E-state index contributed by atoms with van der Waals surface area (Å²) < 4.78 is 25.8. The lowest BCUT2D eigenvalue weighted by Gasteiger charge is -2.19. The lowest BCUT2D eigenvalue weighted by atomic mass is 10.0. The Morgan fingerprint density at radius 3 is 2.41 bits per heavy atom. The fourth-order valence-electron chi connectivity index (χ4n) is 1.94. The summed E-state index contributed by atoms with van der Waals surface area (Å²) in [5.41, 5.74) is 0.574. The van der Waals surface area contributed by atoms with Gasteiger partial charge in [-0.15, -0.1) is 12.4 Å². The van der Waals surface area contributed by atoms with Gasteiger partial charge in [0.05, 0.1) is 0 Å². The molecule has 0 aliphatic carbocycles. The number of nitrogens with one attached hydrogen (secondary N) is 1. The van der Waals surface area contributed by atoms with Gasteiger partial charge in [0.1, 0.15) is 11.6 Å². The van der Waals surface area contributed by atoms with Gasteiger partial charge in [-0.05, 0) is 37.1 Å². The van der Waals surface area contributed by atoms with Crippen molar-refractivity contribution in [2.24, 2.45) is 0 Å². The van der Waals surface area contributed by atoms with Crippen molar-refractivity contribution in [2.75, 3.05) is 6.54 Å². The maximum Gasteiger partial charge on any atom is 0.126 e. The van der Waals surface area contributed by atoms with E-state index in [0.29, 0.717) is 11.6 Å². The van der Waals surface area contributed by atoms with E-state index in [1.807, 2.05) is 6.08 Å². The van der Waals surface area contributed by atoms with E-state index < -0.39 is 11.6 Å². The van der Waals surface area contributed by atoms with Crippen LogP contribution in [0.1, 0.15) is 24.8 Å². The van der Waals surface area contributed by atoms with Gasteiger partial charge < -0.3 is 5.32 Å². The van der Waals surface area contributed by atoms with Crippen molar-refractivity contribution >= 4 is 18.5 Å². The van der Waals surface area contributed by atoms with Crippen LogP contribution in [0.25, 0.3) is 6.08 Å². The highest BCUT2D eigenvalue weighted by atomic mass is 35.5. The number of hydrogen-bond donors (Lipinski definition) is 1. The quantitative estimate of drug-likeness (QED) is 0.857. The number of piperidine rings is 1.